The molecule has 1 N–H and O–H groups in total. The fourth-order valence-electron chi connectivity index (χ4n) is 3.74. The number of piperidine rings is 1. The first-order valence-corrected chi connectivity index (χ1v) is 9.39. The van der Waals surface area contributed by atoms with Gasteiger partial charge in [-0.25, -0.2) is 9.59 Å². The van der Waals surface area contributed by atoms with Crippen LogP contribution in [0, 0.1) is 5.92 Å². The van der Waals surface area contributed by atoms with Gasteiger partial charge in [-0.15, -0.1) is 0 Å². The number of hydrogen-bond acceptors (Lipinski definition) is 4. The Bertz CT molecular complexity index is 733. The van der Waals surface area contributed by atoms with Crippen molar-refractivity contribution in [1.29, 1.82) is 0 Å². The summed E-state index contributed by atoms with van der Waals surface area (Å²) in [4.78, 5) is 27.8. The van der Waals surface area contributed by atoms with Gasteiger partial charge in [-0.3, -0.25) is 0 Å². The van der Waals surface area contributed by atoms with Crippen molar-refractivity contribution in [3.63, 3.8) is 0 Å². The molecule has 0 radical (unpaired) electrons. The minimum absolute atomic E-state index is 0.0319. The minimum atomic E-state index is -4.32. The number of nitrogens with one attached hydrogen (secondary N) is 1. The number of amides is 2. The van der Waals surface area contributed by atoms with Gasteiger partial charge in [0, 0.05) is 26.2 Å². The second-order valence-corrected chi connectivity index (χ2v) is 7.17. The number of ether oxygens (including phenoxy) is 1. The van der Waals surface area contributed by atoms with E-state index in [1.807, 2.05) is 0 Å². The van der Waals surface area contributed by atoms with Crippen LogP contribution in [-0.2, 0) is 4.74 Å². The molecule has 2 saturated heterocycles. The summed E-state index contributed by atoms with van der Waals surface area (Å²) >= 11 is 0. The first kappa shape index (κ1) is 20.3. The number of urea groups is 1. The number of alkyl halides is 3. The van der Waals surface area contributed by atoms with Crippen LogP contribution in [0.4, 0.5) is 29.3 Å². The average Bonchev–Trinajstić information content (AvgIpc) is 3.21. The van der Waals surface area contributed by atoms with Crippen molar-refractivity contribution in [3.05, 3.63) is 23.8 Å². The first-order chi connectivity index (χ1) is 13.3. The van der Waals surface area contributed by atoms with Crippen LogP contribution in [0.5, 0.6) is 0 Å². The number of esters is 1. The molecule has 9 heteroatoms. The molecule has 28 heavy (non-hydrogen) atoms. The first-order valence-electron chi connectivity index (χ1n) is 9.39. The number of rotatable bonds is 3. The minimum Gasteiger partial charge on any atom is -0.465 e. The third kappa shape index (κ3) is 4.51. The van der Waals surface area contributed by atoms with Crippen molar-refractivity contribution in [1.82, 2.24) is 4.90 Å². The molecular formula is C19H24F3N3O3. The van der Waals surface area contributed by atoms with E-state index in [0.717, 1.165) is 31.6 Å². The molecule has 2 aliphatic heterocycles. The molecule has 2 heterocycles. The van der Waals surface area contributed by atoms with Gasteiger partial charge in [-0.2, -0.15) is 13.2 Å². The van der Waals surface area contributed by atoms with Crippen LogP contribution in [0.1, 0.15) is 36.0 Å². The highest BCUT2D eigenvalue weighted by Crippen LogP contribution is 2.34. The van der Waals surface area contributed by atoms with E-state index in [2.05, 4.69) is 10.2 Å². The van der Waals surface area contributed by atoms with E-state index < -0.39 is 24.1 Å². The number of anilines is 2. The molecule has 1 aromatic rings. The molecule has 1 atom stereocenters. The van der Waals surface area contributed by atoms with Crippen LogP contribution in [0.25, 0.3) is 0 Å². The zero-order chi connectivity index (χ0) is 20.3. The van der Waals surface area contributed by atoms with Crippen molar-refractivity contribution >= 4 is 23.4 Å². The van der Waals surface area contributed by atoms with Gasteiger partial charge in [0.25, 0.3) is 0 Å². The molecule has 154 valence electrons. The Morgan fingerprint density at radius 2 is 1.86 bits per heavy atom. The Kier molecular flexibility index (Phi) is 6.00. The van der Waals surface area contributed by atoms with Gasteiger partial charge in [0.05, 0.1) is 30.0 Å². The molecular weight excluding hydrogens is 375 g/mol. The van der Waals surface area contributed by atoms with Crippen molar-refractivity contribution in [2.24, 2.45) is 5.92 Å². The fraction of sp³-hybridized carbons (Fsp3) is 0.579. The number of halogens is 3. The smallest absolute Gasteiger partial charge is 0.393 e. The van der Waals surface area contributed by atoms with E-state index in [9.17, 15) is 22.8 Å². The third-order valence-corrected chi connectivity index (χ3v) is 5.28. The number of hydrogen-bond donors (Lipinski definition) is 1. The standard InChI is InChI=1S/C19H24F3N3O3/c1-28-17(26)13-6-7-16(24-8-2-3-9-24)15(11-13)23-18(27)25-10-4-5-14(12-25)19(20,21)22/h6-7,11,14H,2-5,8-10,12H2,1H3,(H,23,27). The van der Waals surface area contributed by atoms with Crippen LogP contribution >= 0.6 is 0 Å². The maximum atomic E-state index is 13.0. The van der Waals surface area contributed by atoms with Gasteiger partial charge in [0.15, 0.2) is 0 Å². The molecule has 2 aliphatic rings. The van der Waals surface area contributed by atoms with Crippen molar-refractivity contribution in [3.8, 4) is 0 Å². The molecule has 0 aliphatic carbocycles. The molecule has 0 spiro atoms. The summed E-state index contributed by atoms with van der Waals surface area (Å²) < 4.78 is 43.8. The summed E-state index contributed by atoms with van der Waals surface area (Å²) in [5, 5.41) is 2.72. The summed E-state index contributed by atoms with van der Waals surface area (Å²) in [6.45, 7) is 1.56. The molecule has 1 aromatic carbocycles. The lowest BCUT2D eigenvalue weighted by molar-refractivity contribution is -0.183. The normalized spacial score (nSPS) is 20.2. The Hall–Kier alpha value is -2.45. The Labute approximate surface area is 161 Å². The SMILES string of the molecule is COC(=O)c1ccc(N2CCCC2)c(NC(=O)N2CCCC(C(F)(F)F)C2)c1. The molecule has 1 unspecified atom stereocenters. The lowest BCUT2D eigenvalue weighted by Gasteiger charge is -2.34. The van der Waals surface area contributed by atoms with Gasteiger partial charge >= 0.3 is 18.2 Å². The topological polar surface area (TPSA) is 61.9 Å². The van der Waals surface area contributed by atoms with E-state index in [0.29, 0.717) is 12.1 Å². The predicted molar refractivity (Wildman–Crippen MR) is 98.6 cm³/mol. The summed E-state index contributed by atoms with van der Waals surface area (Å²) in [6, 6.07) is 4.29. The predicted octanol–water partition coefficient (Wildman–Crippen LogP) is 3.88. The number of nitrogens with zero attached hydrogens (tertiary/aromatic N) is 2. The van der Waals surface area contributed by atoms with Gasteiger partial charge in [-0.05, 0) is 43.9 Å². The van der Waals surface area contributed by atoms with E-state index in [1.165, 1.54) is 18.1 Å². The zero-order valence-corrected chi connectivity index (χ0v) is 15.7. The van der Waals surface area contributed by atoms with E-state index >= 15 is 0 Å². The maximum absolute atomic E-state index is 13.0. The number of carbonyl (C=O) groups is 2. The Morgan fingerprint density at radius 3 is 2.50 bits per heavy atom. The fourth-order valence-corrected chi connectivity index (χ4v) is 3.74. The second-order valence-electron chi connectivity index (χ2n) is 7.17. The van der Waals surface area contributed by atoms with Gasteiger partial charge in [0.2, 0.25) is 0 Å². The average molecular weight is 399 g/mol. The number of benzene rings is 1. The van der Waals surface area contributed by atoms with Crippen molar-refractivity contribution in [2.45, 2.75) is 31.9 Å². The van der Waals surface area contributed by atoms with Crippen molar-refractivity contribution in [2.75, 3.05) is 43.5 Å². The number of likely N-dealkylation sites (tertiary alicyclic amines) is 1. The quantitative estimate of drug-likeness (QED) is 0.784. The number of methoxy groups -OCH3 is 1. The molecule has 2 fully saturated rings. The third-order valence-electron chi connectivity index (χ3n) is 5.28. The van der Waals surface area contributed by atoms with Gasteiger partial charge < -0.3 is 19.9 Å². The summed E-state index contributed by atoms with van der Waals surface area (Å²) in [5.74, 6) is -2.05. The molecule has 3 rings (SSSR count). The molecule has 6 nitrogen and oxygen atoms in total. The molecule has 2 amide bonds. The highest BCUT2D eigenvalue weighted by atomic mass is 19.4. The Balaban J connectivity index is 1.80. The second kappa shape index (κ2) is 8.28. The lowest BCUT2D eigenvalue weighted by Crippen LogP contribution is -2.46. The zero-order valence-electron chi connectivity index (χ0n) is 15.7. The number of carbonyl (C=O) groups excluding carboxylic acids is 2. The van der Waals surface area contributed by atoms with Crippen LogP contribution in [0.2, 0.25) is 0 Å². The highest BCUT2D eigenvalue weighted by Gasteiger charge is 2.42. The maximum Gasteiger partial charge on any atom is 0.393 e. The highest BCUT2D eigenvalue weighted by molar-refractivity contribution is 5.97. The van der Waals surface area contributed by atoms with E-state index in [1.54, 1.807) is 12.1 Å². The summed E-state index contributed by atoms with van der Waals surface area (Å²) in [5.41, 5.74) is 1.43. The van der Waals surface area contributed by atoms with Gasteiger partial charge in [-0.1, -0.05) is 0 Å². The molecule has 0 aromatic heterocycles. The monoisotopic (exact) mass is 399 g/mol. The van der Waals surface area contributed by atoms with Crippen LogP contribution in [0.3, 0.4) is 0 Å². The lowest BCUT2D eigenvalue weighted by atomic mass is 9.98. The van der Waals surface area contributed by atoms with E-state index in [-0.39, 0.29) is 25.1 Å². The largest absolute Gasteiger partial charge is 0.465 e. The molecule has 0 bridgehead atoms. The summed E-state index contributed by atoms with van der Waals surface area (Å²) in [7, 11) is 1.26. The van der Waals surface area contributed by atoms with Crippen LogP contribution in [-0.4, -0.2) is 56.4 Å². The van der Waals surface area contributed by atoms with Crippen LogP contribution < -0.4 is 10.2 Å². The molecule has 0 saturated carbocycles. The Morgan fingerprint density at radius 1 is 1.14 bits per heavy atom. The van der Waals surface area contributed by atoms with Crippen molar-refractivity contribution < 1.29 is 27.5 Å². The summed E-state index contributed by atoms with van der Waals surface area (Å²) in [6.07, 6.45) is -1.94. The van der Waals surface area contributed by atoms with Gasteiger partial charge in [0.1, 0.15) is 0 Å². The van der Waals surface area contributed by atoms with E-state index in [4.69, 9.17) is 4.74 Å². The van der Waals surface area contributed by atoms with Crippen LogP contribution in [0.15, 0.2) is 18.2 Å².